The van der Waals surface area contributed by atoms with Gasteiger partial charge in [-0.2, -0.15) is 0 Å². The van der Waals surface area contributed by atoms with Crippen LogP contribution in [-0.4, -0.2) is 13.1 Å². The summed E-state index contributed by atoms with van der Waals surface area (Å²) < 4.78 is 0. The van der Waals surface area contributed by atoms with E-state index in [0.29, 0.717) is 5.92 Å². The van der Waals surface area contributed by atoms with E-state index in [0.717, 1.165) is 19.5 Å². The molecule has 1 aromatic carbocycles. The number of fused-ring (bicyclic) bond motifs is 1. The van der Waals surface area contributed by atoms with Gasteiger partial charge in [0.05, 0.1) is 0 Å². The van der Waals surface area contributed by atoms with E-state index in [1.165, 1.54) is 24.8 Å². The van der Waals surface area contributed by atoms with Gasteiger partial charge in [-0.1, -0.05) is 45.0 Å². The van der Waals surface area contributed by atoms with Crippen LogP contribution < -0.4 is 5.32 Å². The van der Waals surface area contributed by atoms with Crippen LogP contribution in [0.3, 0.4) is 0 Å². The van der Waals surface area contributed by atoms with E-state index in [-0.39, 0.29) is 5.41 Å². The Balaban J connectivity index is 1.99. The molecular formula is C19H29N. The summed E-state index contributed by atoms with van der Waals surface area (Å²) in [6.45, 7) is 12.9. The fourth-order valence-electron chi connectivity index (χ4n) is 3.05. The van der Waals surface area contributed by atoms with Crippen LogP contribution >= 0.6 is 0 Å². The fourth-order valence-corrected chi connectivity index (χ4v) is 3.05. The van der Waals surface area contributed by atoms with Crippen molar-refractivity contribution in [2.24, 2.45) is 11.3 Å². The molecule has 20 heavy (non-hydrogen) atoms. The standard InChI is InChI=1S/C19H29N/c1-5-19(4,14-20-13-15(2)3)12-16-9-10-17-7-6-8-18(17)11-16/h5,9-11,15,20H,1,6-8,12-14H2,2-4H3. The molecule has 1 aliphatic carbocycles. The first kappa shape index (κ1) is 15.3. The van der Waals surface area contributed by atoms with E-state index in [1.54, 1.807) is 11.1 Å². The first-order valence-electron chi connectivity index (χ1n) is 7.97. The van der Waals surface area contributed by atoms with Crippen molar-refractivity contribution >= 4 is 0 Å². The molecule has 1 aromatic rings. The molecule has 0 bridgehead atoms. The summed E-state index contributed by atoms with van der Waals surface area (Å²) in [5, 5.41) is 3.58. The zero-order valence-corrected chi connectivity index (χ0v) is 13.3. The van der Waals surface area contributed by atoms with Crippen LogP contribution in [0.5, 0.6) is 0 Å². The Hall–Kier alpha value is -1.08. The highest BCUT2D eigenvalue weighted by molar-refractivity contribution is 5.36. The molecule has 0 fully saturated rings. The van der Waals surface area contributed by atoms with E-state index in [9.17, 15) is 0 Å². The predicted molar refractivity (Wildman–Crippen MR) is 88.2 cm³/mol. The molecule has 0 radical (unpaired) electrons. The van der Waals surface area contributed by atoms with E-state index in [4.69, 9.17) is 0 Å². The fraction of sp³-hybridized carbons (Fsp3) is 0.579. The van der Waals surface area contributed by atoms with Gasteiger partial charge in [0.25, 0.3) is 0 Å². The van der Waals surface area contributed by atoms with Crippen LogP contribution in [0.1, 0.15) is 43.9 Å². The average molecular weight is 271 g/mol. The molecule has 0 heterocycles. The van der Waals surface area contributed by atoms with Crippen LogP contribution in [-0.2, 0) is 19.3 Å². The Bertz CT molecular complexity index is 461. The molecular weight excluding hydrogens is 242 g/mol. The molecule has 0 saturated carbocycles. The summed E-state index contributed by atoms with van der Waals surface area (Å²) in [5.74, 6) is 0.698. The highest BCUT2D eigenvalue weighted by atomic mass is 14.9. The third kappa shape index (κ3) is 3.96. The minimum Gasteiger partial charge on any atom is -0.316 e. The van der Waals surface area contributed by atoms with Crippen molar-refractivity contribution in [3.63, 3.8) is 0 Å². The summed E-state index contributed by atoms with van der Waals surface area (Å²) in [6.07, 6.45) is 7.06. The minimum atomic E-state index is 0.141. The Morgan fingerprint density at radius 3 is 2.75 bits per heavy atom. The lowest BCUT2D eigenvalue weighted by molar-refractivity contribution is 0.378. The lowest BCUT2D eigenvalue weighted by atomic mass is 9.83. The van der Waals surface area contributed by atoms with Crippen molar-refractivity contribution in [1.29, 1.82) is 0 Å². The van der Waals surface area contributed by atoms with E-state index >= 15 is 0 Å². The molecule has 0 amide bonds. The highest BCUT2D eigenvalue weighted by Gasteiger charge is 2.21. The highest BCUT2D eigenvalue weighted by Crippen LogP contribution is 2.28. The number of nitrogens with one attached hydrogen (secondary N) is 1. The van der Waals surface area contributed by atoms with E-state index < -0.39 is 0 Å². The molecule has 1 heteroatoms. The van der Waals surface area contributed by atoms with Gasteiger partial charge in [0.2, 0.25) is 0 Å². The molecule has 2 rings (SSSR count). The van der Waals surface area contributed by atoms with Crippen molar-refractivity contribution in [2.75, 3.05) is 13.1 Å². The molecule has 1 nitrogen and oxygen atoms in total. The summed E-state index contributed by atoms with van der Waals surface area (Å²) in [5.41, 5.74) is 4.73. The van der Waals surface area contributed by atoms with Gasteiger partial charge in [-0.3, -0.25) is 0 Å². The number of aryl methyl sites for hydroxylation is 2. The topological polar surface area (TPSA) is 12.0 Å². The maximum atomic E-state index is 4.06. The van der Waals surface area contributed by atoms with Crippen LogP contribution in [0.4, 0.5) is 0 Å². The van der Waals surface area contributed by atoms with Crippen LogP contribution in [0.25, 0.3) is 0 Å². The quantitative estimate of drug-likeness (QED) is 0.734. The Morgan fingerprint density at radius 2 is 2.05 bits per heavy atom. The molecule has 1 aliphatic rings. The number of hydrogen-bond acceptors (Lipinski definition) is 1. The summed E-state index contributed by atoms with van der Waals surface area (Å²) in [4.78, 5) is 0. The second kappa shape index (κ2) is 6.58. The SMILES string of the molecule is C=CC(C)(CNCC(C)C)Cc1ccc2c(c1)CCC2. The second-order valence-electron chi connectivity index (χ2n) is 7.02. The number of benzene rings is 1. The van der Waals surface area contributed by atoms with E-state index in [1.807, 2.05) is 0 Å². The van der Waals surface area contributed by atoms with Gasteiger partial charge < -0.3 is 5.32 Å². The summed E-state index contributed by atoms with van der Waals surface area (Å²) in [7, 11) is 0. The zero-order chi connectivity index (χ0) is 14.6. The van der Waals surface area contributed by atoms with Gasteiger partial charge in [-0.05, 0) is 54.8 Å². The zero-order valence-electron chi connectivity index (χ0n) is 13.3. The molecule has 0 spiro atoms. The molecule has 1 N–H and O–H groups in total. The molecule has 0 aliphatic heterocycles. The summed E-state index contributed by atoms with van der Waals surface area (Å²) >= 11 is 0. The van der Waals surface area contributed by atoms with E-state index in [2.05, 4.69) is 56.9 Å². The van der Waals surface area contributed by atoms with Crippen LogP contribution in [0.15, 0.2) is 30.9 Å². The van der Waals surface area contributed by atoms with Crippen molar-refractivity contribution < 1.29 is 0 Å². The number of rotatable bonds is 7. The Labute approximate surface area is 124 Å². The molecule has 1 unspecified atom stereocenters. The average Bonchev–Trinajstić information content (AvgIpc) is 2.85. The van der Waals surface area contributed by atoms with Crippen molar-refractivity contribution in [2.45, 2.75) is 46.5 Å². The molecule has 0 saturated heterocycles. The maximum Gasteiger partial charge on any atom is 0.00431 e. The molecule has 0 aromatic heterocycles. The third-order valence-electron chi connectivity index (χ3n) is 4.35. The molecule has 1 atom stereocenters. The van der Waals surface area contributed by atoms with Gasteiger partial charge in [0.15, 0.2) is 0 Å². The molecule has 110 valence electrons. The Morgan fingerprint density at radius 1 is 1.30 bits per heavy atom. The van der Waals surface area contributed by atoms with Gasteiger partial charge in [0, 0.05) is 12.0 Å². The smallest absolute Gasteiger partial charge is 0.00431 e. The minimum absolute atomic E-state index is 0.141. The maximum absolute atomic E-state index is 4.06. The van der Waals surface area contributed by atoms with Crippen LogP contribution in [0.2, 0.25) is 0 Å². The van der Waals surface area contributed by atoms with Gasteiger partial charge in [0.1, 0.15) is 0 Å². The lowest BCUT2D eigenvalue weighted by Gasteiger charge is -2.27. The van der Waals surface area contributed by atoms with Crippen molar-refractivity contribution in [3.05, 3.63) is 47.5 Å². The van der Waals surface area contributed by atoms with Gasteiger partial charge >= 0.3 is 0 Å². The normalized spacial score (nSPS) is 17.0. The van der Waals surface area contributed by atoms with Crippen molar-refractivity contribution in [3.8, 4) is 0 Å². The Kier molecular flexibility index (Phi) is 5.04. The predicted octanol–water partition coefficient (Wildman–Crippen LogP) is 4.16. The monoisotopic (exact) mass is 271 g/mol. The third-order valence-corrected chi connectivity index (χ3v) is 4.35. The summed E-state index contributed by atoms with van der Waals surface area (Å²) in [6, 6.07) is 7.07. The van der Waals surface area contributed by atoms with Gasteiger partial charge in [-0.15, -0.1) is 6.58 Å². The first-order chi connectivity index (χ1) is 9.52. The van der Waals surface area contributed by atoms with Gasteiger partial charge in [-0.25, -0.2) is 0 Å². The van der Waals surface area contributed by atoms with Crippen LogP contribution in [0, 0.1) is 11.3 Å². The lowest BCUT2D eigenvalue weighted by Crippen LogP contribution is -2.34. The second-order valence-corrected chi connectivity index (χ2v) is 7.02. The largest absolute Gasteiger partial charge is 0.316 e. The first-order valence-corrected chi connectivity index (χ1v) is 7.97. The number of hydrogen-bond donors (Lipinski definition) is 1. The van der Waals surface area contributed by atoms with Crippen molar-refractivity contribution in [1.82, 2.24) is 5.32 Å².